The van der Waals surface area contributed by atoms with Crippen molar-refractivity contribution >= 4 is 0 Å². The van der Waals surface area contributed by atoms with Crippen LogP contribution in [0.4, 0.5) is 0 Å². The molecule has 5 rings (SSSR count). The molecule has 5 aliphatic rings. The summed E-state index contributed by atoms with van der Waals surface area (Å²) in [4.78, 5) is 0. The molecule has 6 N–H and O–H groups in total. The summed E-state index contributed by atoms with van der Waals surface area (Å²) in [6, 6.07) is 0. The summed E-state index contributed by atoms with van der Waals surface area (Å²) >= 11 is 0. The highest BCUT2D eigenvalue weighted by atomic mass is 16.7. The topological polar surface area (TPSA) is 140 Å². The highest BCUT2D eigenvalue weighted by molar-refractivity contribution is 5.20. The molecule has 0 radical (unpaired) electrons. The zero-order chi connectivity index (χ0) is 32.6. The van der Waals surface area contributed by atoms with E-state index in [1.807, 2.05) is 6.92 Å². The molecular formula is C36H62O8. The Balaban J connectivity index is 1.37. The molecule has 8 nitrogen and oxygen atoms in total. The Bertz CT molecular complexity index is 1070. The standard InChI is InChI=1S/C36H62O8/c1-20(2)10-9-14-36(8,42)21-11-16-35(7)27(21)22(38)18-25-33(5)15-13-26(32(3,4)24(33)12-17-34(25,35)6)44-31-30(41)29(40)28(39)23(19-37)43-31/h10,21-31,37-42H,9,11-19H2,1-8H3/t21-,22+,23+,24-,25+,26-,27-,28+,29-,30+,31?,33-,34+,35+,36+/m0/s1. The molecule has 254 valence electrons. The Morgan fingerprint density at radius 1 is 0.886 bits per heavy atom. The van der Waals surface area contributed by atoms with Gasteiger partial charge in [-0.05, 0) is 124 Å². The van der Waals surface area contributed by atoms with Crippen molar-refractivity contribution < 1.29 is 40.1 Å². The number of allylic oxidation sites excluding steroid dienone is 2. The van der Waals surface area contributed by atoms with Gasteiger partial charge in [-0.25, -0.2) is 0 Å². The fraction of sp³-hybridized carbons (Fsp3) is 0.944. The Kier molecular flexibility index (Phi) is 9.35. The summed E-state index contributed by atoms with van der Waals surface area (Å²) in [5.41, 5.74) is 0.122. The number of fused-ring (bicyclic) bond motifs is 5. The summed E-state index contributed by atoms with van der Waals surface area (Å²) < 4.78 is 12.2. The molecule has 0 aromatic heterocycles. The molecule has 1 saturated heterocycles. The Morgan fingerprint density at radius 2 is 1.55 bits per heavy atom. The molecule has 4 saturated carbocycles. The minimum atomic E-state index is -1.46. The zero-order valence-corrected chi connectivity index (χ0v) is 28.5. The molecule has 1 heterocycles. The number of hydrogen-bond donors (Lipinski definition) is 6. The summed E-state index contributed by atoms with van der Waals surface area (Å²) in [7, 11) is 0. The van der Waals surface area contributed by atoms with Crippen LogP contribution in [0, 0.1) is 45.3 Å². The Labute approximate surface area is 265 Å². The van der Waals surface area contributed by atoms with Crippen LogP contribution in [0.2, 0.25) is 0 Å². The van der Waals surface area contributed by atoms with E-state index in [0.29, 0.717) is 18.3 Å². The molecule has 0 aromatic rings. The average Bonchev–Trinajstić information content (AvgIpc) is 3.32. The van der Waals surface area contributed by atoms with E-state index in [2.05, 4.69) is 54.5 Å². The molecular weight excluding hydrogens is 560 g/mol. The predicted octanol–water partition coefficient (Wildman–Crippen LogP) is 4.32. The first-order chi connectivity index (χ1) is 20.3. The number of aliphatic hydroxyl groups is 6. The van der Waals surface area contributed by atoms with Crippen molar-refractivity contribution in [2.24, 2.45) is 45.3 Å². The maximum Gasteiger partial charge on any atom is 0.186 e. The normalized spacial score (nSPS) is 51.5. The first-order valence-corrected chi connectivity index (χ1v) is 17.3. The van der Waals surface area contributed by atoms with E-state index in [4.69, 9.17) is 9.47 Å². The van der Waals surface area contributed by atoms with Crippen molar-refractivity contribution in [3.05, 3.63) is 11.6 Å². The van der Waals surface area contributed by atoms with Crippen LogP contribution in [-0.2, 0) is 9.47 Å². The van der Waals surface area contributed by atoms with E-state index >= 15 is 0 Å². The van der Waals surface area contributed by atoms with E-state index in [-0.39, 0.29) is 39.6 Å². The van der Waals surface area contributed by atoms with Crippen LogP contribution < -0.4 is 0 Å². The second kappa shape index (κ2) is 11.8. The van der Waals surface area contributed by atoms with Gasteiger partial charge in [-0.15, -0.1) is 0 Å². The van der Waals surface area contributed by atoms with Gasteiger partial charge in [-0.1, -0.05) is 46.3 Å². The SMILES string of the molecule is CC(C)=CCC[C@@](C)(O)[C@H]1CC[C@]2(C)[C@@H]1[C@H](O)C[C@@H]1[C@@]3(C)CC[C@H](OC4O[C@H](CO)[C@@H](O)[C@H](O)[C@H]4O)C(C)(C)[C@@H]3CC[C@]12C. The van der Waals surface area contributed by atoms with Gasteiger partial charge in [0.1, 0.15) is 24.4 Å². The van der Waals surface area contributed by atoms with Gasteiger partial charge in [0.2, 0.25) is 0 Å². The van der Waals surface area contributed by atoms with Crippen LogP contribution in [0.5, 0.6) is 0 Å². The molecule has 0 amide bonds. The summed E-state index contributed by atoms with van der Waals surface area (Å²) in [5, 5.41) is 64.8. The van der Waals surface area contributed by atoms with Crippen molar-refractivity contribution in [3.8, 4) is 0 Å². The zero-order valence-electron chi connectivity index (χ0n) is 28.5. The van der Waals surface area contributed by atoms with Gasteiger partial charge >= 0.3 is 0 Å². The predicted molar refractivity (Wildman–Crippen MR) is 168 cm³/mol. The lowest BCUT2D eigenvalue weighted by Crippen LogP contribution is -2.67. The summed E-state index contributed by atoms with van der Waals surface area (Å²) in [6.45, 7) is 17.5. The largest absolute Gasteiger partial charge is 0.394 e. The van der Waals surface area contributed by atoms with Gasteiger partial charge in [0.15, 0.2) is 6.29 Å². The second-order valence-electron chi connectivity index (χ2n) is 17.3. The lowest BCUT2D eigenvalue weighted by atomic mass is 9.35. The maximum atomic E-state index is 12.0. The molecule has 0 aromatic carbocycles. The van der Waals surface area contributed by atoms with E-state index in [9.17, 15) is 30.6 Å². The molecule has 44 heavy (non-hydrogen) atoms. The molecule has 1 aliphatic heterocycles. The van der Waals surface area contributed by atoms with Crippen molar-refractivity contribution in [1.29, 1.82) is 0 Å². The maximum absolute atomic E-state index is 12.0. The molecule has 15 atom stereocenters. The lowest BCUT2D eigenvalue weighted by molar-refractivity contribution is -0.332. The minimum Gasteiger partial charge on any atom is -0.394 e. The molecule has 1 unspecified atom stereocenters. The van der Waals surface area contributed by atoms with Crippen LogP contribution in [0.1, 0.15) is 113 Å². The van der Waals surface area contributed by atoms with Crippen LogP contribution in [0.3, 0.4) is 0 Å². The van der Waals surface area contributed by atoms with Gasteiger partial charge in [0.05, 0.1) is 24.4 Å². The van der Waals surface area contributed by atoms with Crippen molar-refractivity contribution in [1.82, 2.24) is 0 Å². The Morgan fingerprint density at radius 3 is 2.18 bits per heavy atom. The molecule has 4 aliphatic carbocycles. The fourth-order valence-electron chi connectivity index (χ4n) is 11.9. The van der Waals surface area contributed by atoms with Crippen LogP contribution in [0.15, 0.2) is 11.6 Å². The third kappa shape index (κ3) is 5.26. The second-order valence-corrected chi connectivity index (χ2v) is 17.3. The quantitative estimate of drug-likeness (QED) is 0.182. The summed E-state index contributed by atoms with van der Waals surface area (Å²) in [6.07, 6.45) is 3.15. The monoisotopic (exact) mass is 622 g/mol. The molecule has 8 heteroatoms. The van der Waals surface area contributed by atoms with Crippen LogP contribution in [0.25, 0.3) is 0 Å². The highest BCUT2D eigenvalue weighted by Gasteiger charge is 2.71. The van der Waals surface area contributed by atoms with E-state index in [1.54, 1.807) is 0 Å². The molecule has 0 bridgehead atoms. The minimum absolute atomic E-state index is 0.0231. The van der Waals surface area contributed by atoms with Gasteiger partial charge in [0.25, 0.3) is 0 Å². The number of aliphatic hydroxyl groups excluding tert-OH is 5. The van der Waals surface area contributed by atoms with Crippen LogP contribution in [-0.4, -0.2) is 85.8 Å². The number of ether oxygens (including phenoxy) is 2. The van der Waals surface area contributed by atoms with Gasteiger partial charge in [0, 0.05) is 0 Å². The molecule has 0 spiro atoms. The summed E-state index contributed by atoms with van der Waals surface area (Å²) in [5.74, 6) is 0.792. The first-order valence-electron chi connectivity index (χ1n) is 17.3. The number of rotatable bonds is 7. The van der Waals surface area contributed by atoms with Gasteiger partial charge in [-0.3, -0.25) is 0 Å². The Hall–Kier alpha value is -0.580. The number of hydrogen-bond acceptors (Lipinski definition) is 8. The smallest absolute Gasteiger partial charge is 0.186 e. The van der Waals surface area contributed by atoms with Crippen LogP contribution >= 0.6 is 0 Å². The third-order valence-corrected chi connectivity index (χ3v) is 14.5. The van der Waals surface area contributed by atoms with E-state index in [1.165, 1.54) is 5.57 Å². The average molecular weight is 623 g/mol. The highest BCUT2D eigenvalue weighted by Crippen LogP contribution is 2.76. The van der Waals surface area contributed by atoms with Crippen molar-refractivity contribution in [2.45, 2.75) is 162 Å². The fourth-order valence-corrected chi connectivity index (χ4v) is 11.9. The molecule has 5 fully saturated rings. The third-order valence-electron chi connectivity index (χ3n) is 14.5. The van der Waals surface area contributed by atoms with E-state index < -0.39 is 49.0 Å². The van der Waals surface area contributed by atoms with E-state index in [0.717, 1.165) is 51.4 Å². The van der Waals surface area contributed by atoms with Crippen molar-refractivity contribution in [2.75, 3.05) is 6.61 Å². The van der Waals surface area contributed by atoms with Gasteiger partial charge in [-0.2, -0.15) is 0 Å². The van der Waals surface area contributed by atoms with Crippen molar-refractivity contribution in [3.63, 3.8) is 0 Å². The lowest BCUT2D eigenvalue weighted by Gasteiger charge is -2.70. The van der Waals surface area contributed by atoms with Gasteiger partial charge < -0.3 is 40.1 Å². The first kappa shape index (κ1) is 34.7.